The van der Waals surface area contributed by atoms with Gasteiger partial charge in [0.05, 0.1) is 11.2 Å². The second kappa shape index (κ2) is 7.74. The number of benzene rings is 1. The molecule has 0 radical (unpaired) electrons. The molecule has 0 fully saturated rings. The van der Waals surface area contributed by atoms with Crippen LogP contribution < -0.4 is 5.32 Å². The van der Waals surface area contributed by atoms with Crippen molar-refractivity contribution in [1.82, 2.24) is 5.32 Å². The summed E-state index contributed by atoms with van der Waals surface area (Å²) in [6.45, 7) is 7.81. The summed E-state index contributed by atoms with van der Waals surface area (Å²) in [5, 5.41) is 11.8. The third-order valence-corrected chi connectivity index (χ3v) is 4.03. The molecule has 1 amide bonds. The number of hydrogen-bond donors (Lipinski definition) is 2. The smallest absolute Gasteiger partial charge is 0.326 e. The molecule has 0 saturated heterocycles. The molecule has 0 heterocycles. The molecule has 0 spiro atoms. The van der Waals surface area contributed by atoms with Crippen molar-refractivity contribution in [3.8, 4) is 0 Å². The summed E-state index contributed by atoms with van der Waals surface area (Å²) >= 11 is 3.35. The van der Waals surface area contributed by atoms with E-state index in [0.717, 1.165) is 5.56 Å². The predicted molar refractivity (Wildman–Crippen MR) is 88.1 cm³/mol. The van der Waals surface area contributed by atoms with E-state index in [0.29, 0.717) is 10.0 Å². The zero-order chi connectivity index (χ0) is 16.9. The van der Waals surface area contributed by atoms with E-state index in [1.54, 1.807) is 12.1 Å². The average Bonchev–Trinajstić information content (AvgIpc) is 2.39. The Kier molecular flexibility index (Phi) is 6.56. The van der Waals surface area contributed by atoms with Crippen LogP contribution in [0.2, 0.25) is 0 Å². The van der Waals surface area contributed by atoms with E-state index in [2.05, 4.69) is 21.2 Å². The third-order valence-electron chi connectivity index (χ3n) is 2.98. The van der Waals surface area contributed by atoms with Crippen molar-refractivity contribution in [2.24, 2.45) is 0 Å². The molecule has 1 aromatic carbocycles. The summed E-state index contributed by atoms with van der Waals surface area (Å²) in [6, 6.07) is 4.29. The number of carboxylic acids is 1. The molecule has 0 aliphatic carbocycles. The minimum absolute atomic E-state index is 0.210. The van der Waals surface area contributed by atoms with E-state index < -0.39 is 17.9 Å². The Morgan fingerprint density at radius 1 is 1.36 bits per heavy atom. The van der Waals surface area contributed by atoms with Gasteiger partial charge in [0.15, 0.2) is 0 Å². The Morgan fingerprint density at radius 3 is 2.55 bits per heavy atom. The van der Waals surface area contributed by atoms with E-state index in [-0.39, 0.29) is 18.6 Å². The molecule has 5 nitrogen and oxygen atoms in total. The molecule has 0 bridgehead atoms. The molecule has 2 N–H and O–H groups in total. The summed E-state index contributed by atoms with van der Waals surface area (Å²) < 4.78 is 6.19. The van der Waals surface area contributed by atoms with Gasteiger partial charge >= 0.3 is 5.97 Å². The molecule has 1 aromatic rings. The predicted octanol–water partition coefficient (Wildman–Crippen LogP) is 3.15. The fourth-order valence-electron chi connectivity index (χ4n) is 1.80. The van der Waals surface area contributed by atoms with Gasteiger partial charge in [-0.3, -0.25) is 4.79 Å². The fourth-order valence-corrected chi connectivity index (χ4v) is 2.24. The molecule has 22 heavy (non-hydrogen) atoms. The second-order valence-electron chi connectivity index (χ2n) is 6.05. The number of rotatable bonds is 6. The number of carbonyl (C=O) groups is 2. The number of aryl methyl sites for hydroxylation is 1. The van der Waals surface area contributed by atoms with Crippen LogP contribution in [-0.2, 0) is 9.53 Å². The molecule has 1 unspecified atom stereocenters. The number of aliphatic carboxylic acids is 1. The highest BCUT2D eigenvalue weighted by Gasteiger charge is 2.23. The van der Waals surface area contributed by atoms with Crippen LogP contribution in [0.5, 0.6) is 0 Å². The van der Waals surface area contributed by atoms with Crippen LogP contribution in [0.4, 0.5) is 0 Å². The lowest BCUT2D eigenvalue weighted by molar-refractivity contribution is -0.140. The van der Waals surface area contributed by atoms with Gasteiger partial charge in [0, 0.05) is 17.5 Å². The maximum Gasteiger partial charge on any atom is 0.326 e. The molecular weight excluding hydrogens is 350 g/mol. The molecular formula is C16H22BrNO4. The first-order valence-electron chi connectivity index (χ1n) is 7.04. The lowest BCUT2D eigenvalue weighted by Crippen LogP contribution is -2.42. The van der Waals surface area contributed by atoms with Crippen LogP contribution in [-0.4, -0.2) is 35.2 Å². The van der Waals surface area contributed by atoms with Crippen LogP contribution in [0.1, 0.15) is 43.1 Å². The van der Waals surface area contributed by atoms with Gasteiger partial charge in [0.2, 0.25) is 0 Å². The lowest BCUT2D eigenvalue weighted by atomic mass is 10.1. The van der Waals surface area contributed by atoms with Crippen LogP contribution in [0.3, 0.4) is 0 Å². The Balaban J connectivity index is 2.72. The summed E-state index contributed by atoms with van der Waals surface area (Å²) in [7, 11) is 0. The van der Waals surface area contributed by atoms with Crippen molar-refractivity contribution in [2.75, 3.05) is 6.61 Å². The van der Waals surface area contributed by atoms with Gasteiger partial charge in [0.25, 0.3) is 5.91 Å². The zero-order valence-electron chi connectivity index (χ0n) is 13.3. The first kappa shape index (κ1) is 18.6. The number of amides is 1. The fraction of sp³-hybridized carbons (Fsp3) is 0.500. The minimum atomic E-state index is -1.07. The van der Waals surface area contributed by atoms with Crippen molar-refractivity contribution in [3.05, 3.63) is 33.8 Å². The Labute approximate surface area is 139 Å². The number of hydrogen-bond acceptors (Lipinski definition) is 3. The van der Waals surface area contributed by atoms with Gasteiger partial charge < -0.3 is 15.2 Å². The van der Waals surface area contributed by atoms with Crippen molar-refractivity contribution in [2.45, 2.75) is 45.8 Å². The molecule has 1 atom stereocenters. The summed E-state index contributed by atoms with van der Waals surface area (Å²) in [5.41, 5.74) is 0.991. The van der Waals surface area contributed by atoms with Crippen molar-refractivity contribution in [1.29, 1.82) is 0 Å². The van der Waals surface area contributed by atoms with E-state index in [9.17, 15) is 14.7 Å². The highest BCUT2D eigenvalue weighted by Crippen LogP contribution is 2.21. The van der Waals surface area contributed by atoms with Gasteiger partial charge in [-0.1, -0.05) is 12.1 Å². The normalized spacial score (nSPS) is 12.8. The molecule has 1 rings (SSSR count). The maximum absolute atomic E-state index is 12.2. The molecule has 122 valence electrons. The highest BCUT2D eigenvalue weighted by atomic mass is 79.9. The molecule has 0 aromatic heterocycles. The first-order valence-corrected chi connectivity index (χ1v) is 7.84. The van der Waals surface area contributed by atoms with Crippen LogP contribution >= 0.6 is 15.9 Å². The third kappa shape index (κ3) is 5.77. The first-order chi connectivity index (χ1) is 10.1. The van der Waals surface area contributed by atoms with E-state index >= 15 is 0 Å². The zero-order valence-corrected chi connectivity index (χ0v) is 14.9. The van der Waals surface area contributed by atoms with Gasteiger partial charge in [0.1, 0.15) is 6.04 Å². The Morgan fingerprint density at radius 2 is 2.00 bits per heavy atom. The summed E-state index contributed by atoms with van der Waals surface area (Å²) in [5.74, 6) is -1.49. The molecule has 0 aliphatic heterocycles. The van der Waals surface area contributed by atoms with E-state index in [1.165, 1.54) is 0 Å². The minimum Gasteiger partial charge on any atom is -0.480 e. The number of carbonyl (C=O) groups excluding carboxylic acids is 1. The van der Waals surface area contributed by atoms with E-state index in [4.69, 9.17) is 4.74 Å². The monoisotopic (exact) mass is 371 g/mol. The van der Waals surface area contributed by atoms with Crippen molar-refractivity contribution < 1.29 is 19.4 Å². The number of halogens is 1. The van der Waals surface area contributed by atoms with Crippen LogP contribution in [0.25, 0.3) is 0 Å². The number of nitrogens with one attached hydrogen (secondary N) is 1. The van der Waals surface area contributed by atoms with Gasteiger partial charge in [-0.05, 0) is 55.3 Å². The van der Waals surface area contributed by atoms with Gasteiger partial charge in [-0.2, -0.15) is 0 Å². The largest absolute Gasteiger partial charge is 0.480 e. The topological polar surface area (TPSA) is 75.6 Å². The molecule has 0 aliphatic rings. The quantitative estimate of drug-likeness (QED) is 0.805. The average molecular weight is 372 g/mol. The second-order valence-corrected chi connectivity index (χ2v) is 6.84. The molecule has 6 heteroatoms. The SMILES string of the molecule is Cc1cccc(C(=O)NC(CCOC(C)(C)C)C(=O)O)c1Br. The Hall–Kier alpha value is -1.40. The van der Waals surface area contributed by atoms with Gasteiger partial charge in [-0.15, -0.1) is 0 Å². The van der Waals surface area contributed by atoms with Gasteiger partial charge in [-0.25, -0.2) is 4.79 Å². The van der Waals surface area contributed by atoms with E-state index in [1.807, 2.05) is 33.8 Å². The summed E-state index contributed by atoms with van der Waals surface area (Å²) in [4.78, 5) is 23.5. The van der Waals surface area contributed by atoms with Crippen molar-refractivity contribution in [3.63, 3.8) is 0 Å². The van der Waals surface area contributed by atoms with Crippen LogP contribution in [0.15, 0.2) is 22.7 Å². The number of carboxylic acid groups (broad SMARTS) is 1. The Bertz CT molecular complexity index is 552. The highest BCUT2D eigenvalue weighted by molar-refractivity contribution is 9.10. The van der Waals surface area contributed by atoms with Crippen molar-refractivity contribution >= 4 is 27.8 Å². The summed E-state index contributed by atoms with van der Waals surface area (Å²) in [6.07, 6.45) is 0.210. The molecule has 0 saturated carbocycles. The van der Waals surface area contributed by atoms with Crippen LogP contribution in [0, 0.1) is 6.92 Å². The number of ether oxygens (including phenoxy) is 1. The standard InChI is InChI=1S/C16H22BrNO4/c1-10-6-5-7-11(13(10)17)14(19)18-12(15(20)21)8-9-22-16(2,3)4/h5-7,12H,8-9H2,1-4H3,(H,18,19)(H,20,21). The maximum atomic E-state index is 12.2. The lowest BCUT2D eigenvalue weighted by Gasteiger charge is -2.21.